The first kappa shape index (κ1) is 11.0. The Hall–Kier alpha value is -1.12. The van der Waals surface area contributed by atoms with E-state index in [0.717, 1.165) is 16.5 Å². The fraction of sp³-hybridized carbons (Fsp3) is 0.182. The van der Waals surface area contributed by atoms with Gasteiger partial charge in [0, 0.05) is 17.6 Å². The van der Waals surface area contributed by atoms with E-state index in [0.29, 0.717) is 0 Å². The summed E-state index contributed by atoms with van der Waals surface area (Å²) in [4.78, 5) is 4.27. The molecule has 14 heavy (non-hydrogen) atoms. The quantitative estimate of drug-likeness (QED) is 0.783. The summed E-state index contributed by atoms with van der Waals surface area (Å²) in [6.07, 6.45) is 1.81. The van der Waals surface area contributed by atoms with Crippen molar-refractivity contribution in [1.29, 1.82) is 0 Å². The van der Waals surface area contributed by atoms with Gasteiger partial charge in [-0.2, -0.15) is 0 Å². The fourth-order valence-electron chi connectivity index (χ4n) is 1.52. The van der Waals surface area contributed by atoms with Crippen LogP contribution in [0.15, 0.2) is 36.5 Å². The van der Waals surface area contributed by atoms with Crippen LogP contribution in [0.4, 0.5) is 0 Å². The number of benzene rings is 1. The Bertz CT molecular complexity index is 421. The molecule has 1 aromatic heterocycles. The Morgan fingerprint density at radius 2 is 1.93 bits per heavy atom. The predicted octanol–water partition coefficient (Wildman–Crippen LogP) is 2.68. The standard InChI is InChI=1S/C11H12N2.ClH/c1-8(12)9-6-7-13-11-5-3-2-4-10(9)11;/h2-8H,12H2,1H3;1H/t8-;/m1./s1. The van der Waals surface area contributed by atoms with Gasteiger partial charge in [0.1, 0.15) is 0 Å². The molecular weight excluding hydrogens is 196 g/mol. The average molecular weight is 209 g/mol. The van der Waals surface area contributed by atoms with E-state index in [9.17, 15) is 0 Å². The van der Waals surface area contributed by atoms with Crippen molar-refractivity contribution in [3.63, 3.8) is 0 Å². The first-order chi connectivity index (χ1) is 6.29. The number of fused-ring (bicyclic) bond motifs is 1. The van der Waals surface area contributed by atoms with Crippen molar-refractivity contribution in [2.75, 3.05) is 0 Å². The highest BCUT2D eigenvalue weighted by atomic mass is 35.5. The van der Waals surface area contributed by atoms with Gasteiger partial charge in [-0.05, 0) is 24.6 Å². The van der Waals surface area contributed by atoms with Gasteiger partial charge in [-0.15, -0.1) is 12.4 Å². The highest BCUT2D eigenvalue weighted by molar-refractivity contribution is 5.85. The largest absolute Gasteiger partial charge is 0.324 e. The van der Waals surface area contributed by atoms with Gasteiger partial charge in [-0.1, -0.05) is 18.2 Å². The third kappa shape index (κ3) is 1.86. The minimum atomic E-state index is 0. The SMILES string of the molecule is C[C@@H](N)c1ccnc2ccccc12.Cl. The molecule has 0 saturated heterocycles. The van der Waals surface area contributed by atoms with Crippen LogP contribution in [0.5, 0.6) is 0 Å². The van der Waals surface area contributed by atoms with E-state index in [2.05, 4.69) is 11.1 Å². The summed E-state index contributed by atoms with van der Waals surface area (Å²) in [6, 6.07) is 10.1. The van der Waals surface area contributed by atoms with Crippen LogP contribution in [0.2, 0.25) is 0 Å². The summed E-state index contributed by atoms with van der Waals surface area (Å²) in [5.41, 5.74) is 8.02. The Morgan fingerprint density at radius 3 is 2.64 bits per heavy atom. The molecule has 0 aliphatic carbocycles. The minimum Gasteiger partial charge on any atom is -0.324 e. The summed E-state index contributed by atoms with van der Waals surface area (Å²) in [6.45, 7) is 1.99. The average Bonchev–Trinajstić information content (AvgIpc) is 2.17. The van der Waals surface area contributed by atoms with Gasteiger partial charge in [0.2, 0.25) is 0 Å². The predicted molar refractivity (Wildman–Crippen MR) is 61.6 cm³/mol. The molecule has 2 rings (SSSR count). The lowest BCUT2D eigenvalue weighted by Gasteiger charge is -2.08. The van der Waals surface area contributed by atoms with Crippen LogP contribution in [0, 0.1) is 0 Å². The topological polar surface area (TPSA) is 38.9 Å². The van der Waals surface area contributed by atoms with Crippen molar-refractivity contribution in [2.24, 2.45) is 5.73 Å². The first-order valence-electron chi connectivity index (χ1n) is 4.38. The Labute approximate surface area is 89.6 Å². The lowest BCUT2D eigenvalue weighted by molar-refractivity contribution is 0.825. The van der Waals surface area contributed by atoms with E-state index in [4.69, 9.17) is 5.73 Å². The molecule has 0 saturated carbocycles. The number of para-hydroxylation sites is 1. The van der Waals surface area contributed by atoms with Gasteiger partial charge in [0.15, 0.2) is 0 Å². The maximum absolute atomic E-state index is 5.85. The summed E-state index contributed by atoms with van der Waals surface area (Å²) in [5, 5.41) is 1.15. The van der Waals surface area contributed by atoms with E-state index in [1.165, 1.54) is 0 Å². The molecule has 3 heteroatoms. The van der Waals surface area contributed by atoms with Crippen LogP contribution in [-0.4, -0.2) is 4.98 Å². The summed E-state index contributed by atoms with van der Waals surface area (Å²) < 4.78 is 0. The van der Waals surface area contributed by atoms with Crippen molar-refractivity contribution in [1.82, 2.24) is 4.98 Å². The summed E-state index contributed by atoms with van der Waals surface area (Å²) in [7, 11) is 0. The maximum Gasteiger partial charge on any atom is 0.0705 e. The van der Waals surface area contributed by atoms with Gasteiger partial charge in [-0.3, -0.25) is 4.98 Å². The third-order valence-electron chi connectivity index (χ3n) is 2.17. The van der Waals surface area contributed by atoms with Crippen LogP contribution in [0.25, 0.3) is 10.9 Å². The Kier molecular flexibility index (Phi) is 3.44. The molecule has 0 aliphatic rings. The van der Waals surface area contributed by atoms with E-state index in [1.54, 1.807) is 6.20 Å². The number of nitrogens with two attached hydrogens (primary N) is 1. The van der Waals surface area contributed by atoms with Crippen LogP contribution in [-0.2, 0) is 0 Å². The van der Waals surface area contributed by atoms with Crippen molar-refractivity contribution in [3.05, 3.63) is 42.1 Å². The van der Waals surface area contributed by atoms with Gasteiger partial charge >= 0.3 is 0 Å². The first-order valence-corrected chi connectivity index (χ1v) is 4.38. The third-order valence-corrected chi connectivity index (χ3v) is 2.17. The molecule has 2 nitrogen and oxygen atoms in total. The normalized spacial score (nSPS) is 12.1. The Balaban J connectivity index is 0.000000980. The second kappa shape index (κ2) is 4.40. The molecule has 1 aromatic carbocycles. The summed E-state index contributed by atoms with van der Waals surface area (Å²) >= 11 is 0. The van der Waals surface area contributed by atoms with Crippen LogP contribution < -0.4 is 5.73 Å². The van der Waals surface area contributed by atoms with Gasteiger partial charge in [0.05, 0.1) is 5.52 Å². The molecule has 74 valence electrons. The van der Waals surface area contributed by atoms with E-state index >= 15 is 0 Å². The van der Waals surface area contributed by atoms with Crippen molar-refractivity contribution in [2.45, 2.75) is 13.0 Å². The molecule has 0 radical (unpaired) electrons. The molecule has 0 amide bonds. The van der Waals surface area contributed by atoms with E-state index < -0.39 is 0 Å². The van der Waals surface area contributed by atoms with Crippen molar-refractivity contribution < 1.29 is 0 Å². The Morgan fingerprint density at radius 1 is 1.21 bits per heavy atom. The number of nitrogens with zero attached hydrogens (tertiary/aromatic N) is 1. The molecule has 0 bridgehead atoms. The molecule has 0 fully saturated rings. The molecule has 0 unspecified atom stereocenters. The second-order valence-electron chi connectivity index (χ2n) is 3.21. The molecule has 1 heterocycles. The molecule has 2 N–H and O–H groups in total. The van der Waals surface area contributed by atoms with Gasteiger partial charge < -0.3 is 5.73 Å². The second-order valence-corrected chi connectivity index (χ2v) is 3.21. The van der Waals surface area contributed by atoms with Crippen LogP contribution in [0.3, 0.4) is 0 Å². The van der Waals surface area contributed by atoms with Gasteiger partial charge in [-0.25, -0.2) is 0 Å². The van der Waals surface area contributed by atoms with Crippen molar-refractivity contribution >= 4 is 23.3 Å². The number of aromatic nitrogens is 1. The zero-order valence-electron chi connectivity index (χ0n) is 7.97. The van der Waals surface area contributed by atoms with E-state index in [1.807, 2.05) is 31.2 Å². The zero-order chi connectivity index (χ0) is 9.26. The van der Waals surface area contributed by atoms with Crippen LogP contribution >= 0.6 is 12.4 Å². The lowest BCUT2D eigenvalue weighted by Crippen LogP contribution is -2.05. The highest BCUT2D eigenvalue weighted by Crippen LogP contribution is 2.20. The number of hydrogen-bond acceptors (Lipinski definition) is 2. The summed E-state index contributed by atoms with van der Waals surface area (Å²) in [5.74, 6) is 0. The molecule has 0 aliphatic heterocycles. The van der Waals surface area contributed by atoms with Crippen molar-refractivity contribution in [3.8, 4) is 0 Å². The monoisotopic (exact) mass is 208 g/mol. The number of pyridine rings is 1. The zero-order valence-corrected chi connectivity index (χ0v) is 8.79. The number of rotatable bonds is 1. The maximum atomic E-state index is 5.85. The fourth-order valence-corrected chi connectivity index (χ4v) is 1.52. The molecule has 0 spiro atoms. The van der Waals surface area contributed by atoms with E-state index in [-0.39, 0.29) is 18.4 Å². The molecule has 2 aromatic rings. The van der Waals surface area contributed by atoms with Crippen LogP contribution in [0.1, 0.15) is 18.5 Å². The lowest BCUT2D eigenvalue weighted by atomic mass is 10.0. The minimum absolute atomic E-state index is 0. The highest BCUT2D eigenvalue weighted by Gasteiger charge is 2.03. The number of halogens is 1. The smallest absolute Gasteiger partial charge is 0.0705 e. The molecular formula is C11H13ClN2. The van der Waals surface area contributed by atoms with Gasteiger partial charge in [0.25, 0.3) is 0 Å². The molecule has 1 atom stereocenters. The number of hydrogen-bond donors (Lipinski definition) is 1.